The number of rotatable bonds is 5. The van der Waals surface area contributed by atoms with Gasteiger partial charge in [-0.25, -0.2) is 4.68 Å². The van der Waals surface area contributed by atoms with Gasteiger partial charge in [-0.05, 0) is 75.6 Å². The smallest absolute Gasteiger partial charge is 0.0741 e. The van der Waals surface area contributed by atoms with Crippen LogP contribution < -0.4 is 0 Å². The monoisotopic (exact) mass is 366 g/mol. The molecular weight excluding hydrogens is 336 g/mol. The number of aromatic nitrogens is 2. The number of hydrogen-bond donors (Lipinski definition) is 2. The van der Waals surface area contributed by atoms with Gasteiger partial charge in [0.1, 0.15) is 0 Å². The zero-order valence-corrected chi connectivity index (χ0v) is 16.4. The van der Waals surface area contributed by atoms with E-state index in [0.29, 0.717) is 0 Å². The largest absolute Gasteiger partial charge is 0.396 e. The second-order valence-corrected chi connectivity index (χ2v) is 8.55. The van der Waals surface area contributed by atoms with Crippen molar-refractivity contribution in [3.05, 3.63) is 52.9 Å². The first-order valence-corrected chi connectivity index (χ1v) is 10.2. The van der Waals surface area contributed by atoms with Crippen molar-refractivity contribution in [1.29, 1.82) is 0 Å². The predicted octanol–water partition coefficient (Wildman–Crippen LogP) is 4.20. The molecule has 0 unspecified atom stereocenters. The molecule has 2 aromatic rings. The van der Waals surface area contributed by atoms with Gasteiger partial charge in [0, 0.05) is 12.0 Å². The molecule has 1 aromatic carbocycles. The van der Waals surface area contributed by atoms with Gasteiger partial charge < -0.3 is 10.2 Å². The minimum atomic E-state index is -0.699. The Balaban J connectivity index is 1.70. The predicted molar refractivity (Wildman–Crippen MR) is 108 cm³/mol. The van der Waals surface area contributed by atoms with Gasteiger partial charge >= 0.3 is 0 Å². The fraction of sp³-hybridized carbons (Fsp3) is 0.522. The van der Waals surface area contributed by atoms with E-state index in [1.807, 2.05) is 10.9 Å². The summed E-state index contributed by atoms with van der Waals surface area (Å²) in [5.74, 6) is 0. The molecule has 1 fully saturated rings. The van der Waals surface area contributed by atoms with Crippen molar-refractivity contribution in [3.63, 3.8) is 0 Å². The minimum absolute atomic E-state index is 0.197. The van der Waals surface area contributed by atoms with E-state index < -0.39 is 5.60 Å². The van der Waals surface area contributed by atoms with E-state index in [-0.39, 0.29) is 12.0 Å². The van der Waals surface area contributed by atoms with Crippen LogP contribution in [0.2, 0.25) is 0 Å². The van der Waals surface area contributed by atoms with Crippen LogP contribution in [0, 0.1) is 12.3 Å². The molecule has 144 valence electrons. The van der Waals surface area contributed by atoms with E-state index in [1.165, 1.54) is 16.7 Å². The zero-order chi connectivity index (χ0) is 19.1. The molecule has 0 amide bonds. The van der Waals surface area contributed by atoms with Crippen molar-refractivity contribution in [2.45, 2.75) is 64.4 Å². The Labute approximate surface area is 161 Å². The zero-order valence-electron chi connectivity index (χ0n) is 16.4. The first-order chi connectivity index (χ1) is 13.0. The van der Waals surface area contributed by atoms with E-state index >= 15 is 0 Å². The fourth-order valence-corrected chi connectivity index (χ4v) is 4.98. The van der Waals surface area contributed by atoms with Gasteiger partial charge in [0.15, 0.2) is 0 Å². The van der Waals surface area contributed by atoms with Crippen molar-refractivity contribution in [3.8, 4) is 5.69 Å². The van der Waals surface area contributed by atoms with Crippen LogP contribution in [0.15, 0.2) is 36.0 Å². The van der Waals surface area contributed by atoms with Crippen LogP contribution in [0.1, 0.15) is 62.3 Å². The van der Waals surface area contributed by atoms with Crippen LogP contribution in [0.5, 0.6) is 0 Å². The lowest BCUT2D eigenvalue weighted by molar-refractivity contribution is -0.0864. The number of nitrogens with zero attached hydrogens (tertiary/aromatic N) is 2. The van der Waals surface area contributed by atoms with Crippen LogP contribution in [0.4, 0.5) is 0 Å². The second-order valence-electron chi connectivity index (χ2n) is 8.55. The maximum absolute atomic E-state index is 11.6. The van der Waals surface area contributed by atoms with Gasteiger partial charge in [-0.3, -0.25) is 0 Å². The number of fused-ring (bicyclic) bond motifs is 2. The Hall–Kier alpha value is -1.91. The Bertz CT molecular complexity index is 852. The molecule has 2 atom stereocenters. The lowest BCUT2D eigenvalue weighted by atomic mass is 9.56. The molecular formula is C23H30N2O2. The van der Waals surface area contributed by atoms with Gasteiger partial charge in [0.25, 0.3) is 0 Å². The summed E-state index contributed by atoms with van der Waals surface area (Å²) in [6.07, 6.45) is 10.4. The standard InChI is InChI=1S/C23H30N2O2/c1-17-7-9-20(10-8-17)25-21-14-19-6-5-12-23(27,11-3-4-13-26)22(19,2)15-18(21)16-24-25/h7-10,14,16,26-27H,3-6,11-13,15H2,1-2H3/t22-,23-/m0/s1. The molecule has 0 radical (unpaired) electrons. The van der Waals surface area contributed by atoms with Crippen molar-refractivity contribution < 1.29 is 10.2 Å². The van der Waals surface area contributed by atoms with Crippen LogP contribution in [0.25, 0.3) is 11.8 Å². The lowest BCUT2D eigenvalue weighted by Gasteiger charge is -2.52. The van der Waals surface area contributed by atoms with Crippen molar-refractivity contribution in [2.75, 3.05) is 6.61 Å². The average Bonchev–Trinajstić information content (AvgIpc) is 3.04. The summed E-state index contributed by atoms with van der Waals surface area (Å²) in [6.45, 7) is 4.52. The molecule has 4 nitrogen and oxygen atoms in total. The maximum Gasteiger partial charge on any atom is 0.0741 e. The highest BCUT2D eigenvalue weighted by atomic mass is 16.3. The molecule has 0 saturated heterocycles. The third-order valence-electron chi connectivity index (χ3n) is 6.79. The van der Waals surface area contributed by atoms with Gasteiger partial charge in [0.05, 0.1) is 23.2 Å². The highest BCUT2D eigenvalue weighted by molar-refractivity contribution is 5.62. The summed E-state index contributed by atoms with van der Waals surface area (Å²) < 4.78 is 2.03. The van der Waals surface area contributed by atoms with Crippen LogP contribution >= 0.6 is 0 Å². The summed E-state index contributed by atoms with van der Waals surface area (Å²) in [6, 6.07) is 8.45. The number of aliphatic hydroxyl groups excluding tert-OH is 1. The Kier molecular flexibility index (Phi) is 4.73. The molecule has 0 aliphatic heterocycles. The summed E-state index contributed by atoms with van der Waals surface area (Å²) in [4.78, 5) is 0. The first-order valence-electron chi connectivity index (χ1n) is 10.2. The van der Waals surface area contributed by atoms with E-state index in [0.717, 1.165) is 56.3 Å². The van der Waals surface area contributed by atoms with Crippen molar-refractivity contribution in [1.82, 2.24) is 9.78 Å². The van der Waals surface area contributed by atoms with Gasteiger partial charge in [-0.2, -0.15) is 5.10 Å². The Morgan fingerprint density at radius 2 is 1.96 bits per heavy atom. The summed E-state index contributed by atoms with van der Waals surface area (Å²) in [7, 11) is 0. The van der Waals surface area contributed by atoms with E-state index in [1.54, 1.807) is 0 Å². The van der Waals surface area contributed by atoms with Gasteiger partial charge in [-0.1, -0.05) is 30.2 Å². The normalized spacial score (nSPS) is 27.0. The number of hydrogen-bond acceptors (Lipinski definition) is 3. The maximum atomic E-state index is 11.6. The molecule has 2 aliphatic rings. The highest BCUT2D eigenvalue weighted by Crippen LogP contribution is 2.54. The summed E-state index contributed by atoms with van der Waals surface area (Å²) in [5.41, 5.74) is 5.10. The van der Waals surface area contributed by atoms with E-state index in [2.05, 4.69) is 49.3 Å². The third-order valence-corrected chi connectivity index (χ3v) is 6.79. The van der Waals surface area contributed by atoms with Crippen LogP contribution in [-0.2, 0) is 6.42 Å². The molecule has 0 spiro atoms. The van der Waals surface area contributed by atoms with Crippen LogP contribution in [-0.4, -0.2) is 32.2 Å². The van der Waals surface area contributed by atoms with Crippen LogP contribution in [0.3, 0.4) is 0 Å². The molecule has 4 rings (SSSR count). The third kappa shape index (κ3) is 3.05. The molecule has 1 saturated carbocycles. The SMILES string of the molecule is Cc1ccc(-n2ncc3c2C=C2CCC[C@@](O)(CCCCO)[C@@]2(C)C3)cc1. The molecule has 1 heterocycles. The molecule has 0 bridgehead atoms. The van der Waals surface area contributed by atoms with E-state index in [9.17, 15) is 5.11 Å². The summed E-state index contributed by atoms with van der Waals surface area (Å²) >= 11 is 0. The summed E-state index contributed by atoms with van der Waals surface area (Å²) in [5, 5.41) is 25.4. The Morgan fingerprint density at radius 1 is 1.19 bits per heavy atom. The molecule has 1 aromatic heterocycles. The quantitative estimate of drug-likeness (QED) is 0.780. The molecule has 2 aliphatic carbocycles. The number of benzene rings is 1. The van der Waals surface area contributed by atoms with Gasteiger partial charge in [0.2, 0.25) is 0 Å². The number of aliphatic hydroxyl groups is 2. The average molecular weight is 367 g/mol. The van der Waals surface area contributed by atoms with Crippen molar-refractivity contribution >= 4 is 6.08 Å². The molecule has 4 heteroatoms. The number of aryl methyl sites for hydroxylation is 1. The van der Waals surface area contributed by atoms with E-state index in [4.69, 9.17) is 5.11 Å². The minimum Gasteiger partial charge on any atom is -0.396 e. The fourth-order valence-electron chi connectivity index (χ4n) is 4.98. The lowest BCUT2D eigenvalue weighted by Crippen LogP contribution is -2.52. The highest BCUT2D eigenvalue weighted by Gasteiger charge is 2.52. The van der Waals surface area contributed by atoms with Gasteiger partial charge in [-0.15, -0.1) is 0 Å². The Morgan fingerprint density at radius 3 is 2.70 bits per heavy atom. The first kappa shape index (κ1) is 18.5. The molecule has 2 N–H and O–H groups in total. The number of unbranched alkanes of at least 4 members (excludes halogenated alkanes) is 1. The van der Waals surface area contributed by atoms with Crippen molar-refractivity contribution in [2.24, 2.45) is 5.41 Å². The molecule has 27 heavy (non-hydrogen) atoms. The second kappa shape index (κ2) is 6.92. The topological polar surface area (TPSA) is 58.3 Å².